The fourth-order valence-corrected chi connectivity index (χ4v) is 4.00. The number of aliphatic hydroxyl groups is 1. The van der Waals surface area contributed by atoms with E-state index < -0.39 is 6.61 Å². The number of aliphatic hydroxyl groups excluding tert-OH is 1. The molecule has 1 aliphatic heterocycles. The first-order valence-corrected chi connectivity index (χ1v) is 8.61. The zero-order valence-corrected chi connectivity index (χ0v) is 13.2. The van der Waals surface area contributed by atoms with E-state index in [0.29, 0.717) is 13.1 Å². The number of carbonyl (C=O) groups excluding carboxylic acids is 1. The summed E-state index contributed by atoms with van der Waals surface area (Å²) in [5, 5.41) is 14.1. The lowest BCUT2D eigenvalue weighted by atomic mass is 10.3. The maximum Gasteiger partial charge on any atom is 0.248 e. The molecule has 1 aliphatic rings. The van der Waals surface area contributed by atoms with Crippen molar-refractivity contribution >= 4 is 28.6 Å². The van der Waals surface area contributed by atoms with Gasteiger partial charge >= 0.3 is 0 Å². The van der Waals surface area contributed by atoms with Crippen LogP contribution in [-0.4, -0.2) is 58.6 Å². The van der Waals surface area contributed by atoms with Crippen molar-refractivity contribution in [2.24, 2.45) is 0 Å². The fourth-order valence-electron chi connectivity index (χ4n) is 2.38. The van der Waals surface area contributed by atoms with Gasteiger partial charge in [0.05, 0.1) is 10.6 Å². The molecule has 2 aromatic rings. The summed E-state index contributed by atoms with van der Waals surface area (Å²) in [5.74, 6) is -0.178. The third kappa shape index (κ3) is 3.49. The molecule has 3 rings (SSSR count). The van der Waals surface area contributed by atoms with Crippen LogP contribution >= 0.6 is 22.7 Å². The van der Waals surface area contributed by atoms with Crippen LogP contribution in [0.15, 0.2) is 22.9 Å². The van der Waals surface area contributed by atoms with Gasteiger partial charge in [0.25, 0.3) is 0 Å². The van der Waals surface area contributed by atoms with Crippen molar-refractivity contribution in [3.05, 3.63) is 28.6 Å². The van der Waals surface area contributed by atoms with Crippen LogP contribution in [0.1, 0.15) is 5.69 Å². The molecule has 0 saturated carbocycles. The molecule has 0 radical (unpaired) electrons. The van der Waals surface area contributed by atoms with Gasteiger partial charge in [0.2, 0.25) is 5.91 Å². The van der Waals surface area contributed by atoms with Crippen molar-refractivity contribution in [1.82, 2.24) is 14.8 Å². The molecule has 0 spiro atoms. The molecule has 21 heavy (non-hydrogen) atoms. The molecule has 0 aliphatic carbocycles. The minimum Gasteiger partial charge on any atom is -0.387 e. The predicted octanol–water partition coefficient (Wildman–Crippen LogP) is 1.51. The molecule has 1 fully saturated rings. The monoisotopic (exact) mass is 323 g/mol. The zero-order valence-electron chi connectivity index (χ0n) is 11.6. The molecule has 1 saturated heterocycles. The second-order valence-electron chi connectivity index (χ2n) is 4.94. The highest BCUT2D eigenvalue weighted by molar-refractivity contribution is 7.20. The third-order valence-electron chi connectivity index (χ3n) is 3.53. The third-order valence-corrected chi connectivity index (χ3v) is 5.46. The quantitative estimate of drug-likeness (QED) is 0.927. The fraction of sp³-hybridized carbons (Fsp3) is 0.429. The number of hydrogen-bond donors (Lipinski definition) is 1. The number of nitrogens with zero attached hydrogens (tertiary/aromatic N) is 3. The van der Waals surface area contributed by atoms with Crippen LogP contribution in [0.4, 0.5) is 0 Å². The van der Waals surface area contributed by atoms with Gasteiger partial charge in [-0.05, 0) is 11.4 Å². The second kappa shape index (κ2) is 6.65. The smallest absolute Gasteiger partial charge is 0.248 e. The molecule has 112 valence electrons. The van der Waals surface area contributed by atoms with Gasteiger partial charge in [0.1, 0.15) is 11.6 Å². The lowest BCUT2D eigenvalue weighted by molar-refractivity contribution is -0.136. The van der Waals surface area contributed by atoms with Crippen LogP contribution in [-0.2, 0) is 11.3 Å². The molecule has 7 heteroatoms. The first-order chi connectivity index (χ1) is 10.3. The highest BCUT2D eigenvalue weighted by Crippen LogP contribution is 2.28. The second-order valence-corrected chi connectivity index (χ2v) is 6.74. The van der Waals surface area contributed by atoms with Crippen molar-refractivity contribution in [2.45, 2.75) is 6.54 Å². The SMILES string of the molecule is O=C(CO)N1CCN(Cc2csc(-c3cccs3)n2)CC1. The number of carbonyl (C=O) groups is 1. The lowest BCUT2D eigenvalue weighted by Crippen LogP contribution is -2.49. The van der Waals surface area contributed by atoms with E-state index in [0.717, 1.165) is 30.3 Å². The average molecular weight is 323 g/mol. The Balaban J connectivity index is 1.55. The summed E-state index contributed by atoms with van der Waals surface area (Å²) in [6.45, 7) is 3.46. The summed E-state index contributed by atoms with van der Waals surface area (Å²) in [6.07, 6.45) is 0. The summed E-state index contributed by atoms with van der Waals surface area (Å²) >= 11 is 3.39. The van der Waals surface area contributed by atoms with Gasteiger partial charge in [-0.15, -0.1) is 22.7 Å². The number of amides is 1. The Morgan fingerprint density at radius 2 is 2.10 bits per heavy atom. The molecule has 5 nitrogen and oxygen atoms in total. The Bertz CT molecular complexity index is 589. The van der Waals surface area contributed by atoms with Crippen LogP contribution in [0.25, 0.3) is 9.88 Å². The van der Waals surface area contributed by atoms with Crippen LogP contribution in [0.2, 0.25) is 0 Å². The van der Waals surface area contributed by atoms with Crippen LogP contribution in [0.5, 0.6) is 0 Å². The topological polar surface area (TPSA) is 56.7 Å². The molecule has 3 heterocycles. The molecular weight excluding hydrogens is 306 g/mol. The standard InChI is InChI=1S/C14H17N3O2S2/c18-9-13(19)17-5-3-16(4-6-17)8-11-10-21-14(15-11)12-2-1-7-20-12/h1-2,7,10,18H,3-6,8-9H2. The molecule has 2 aromatic heterocycles. The Morgan fingerprint density at radius 3 is 2.76 bits per heavy atom. The largest absolute Gasteiger partial charge is 0.387 e. The molecule has 0 bridgehead atoms. The van der Waals surface area contributed by atoms with Gasteiger partial charge in [0.15, 0.2) is 0 Å². The van der Waals surface area contributed by atoms with Crippen molar-refractivity contribution < 1.29 is 9.90 Å². The average Bonchev–Trinajstić information content (AvgIpc) is 3.18. The van der Waals surface area contributed by atoms with Gasteiger partial charge in [-0.2, -0.15) is 0 Å². The highest BCUT2D eigenvalue weighted by atomic mass is 32.1. The van der Waals surface area contributed by atoms with Crippen molar-refractivity contribution in [3.63, 3.8) is 0 Å². The number of thiazole rings is 1. The van der Waals surface area contributed by atoms with E-state index in [-0.39, 0.29) is 5.91 Å². The molecule has 0 unspecified atom stereocenters. The summed E-state index contributed by atoms with van der Waals surface area (Å²) in [6, 6.07) is 4.13. The lowest BCUT2D eigenvalue weighted by Gasteiger charge is -2.34. The van der Waals surface area contributed by atoms with Gasteiger partial charge in [-0.1, -0.05) is 6.07 Å². The molecule has 0 atom stereocenters. The van der Waals surface area contributed by atoms with Crippen LogP contribution in [0, 0.1) is 0 Å². The van der Waals surface area contributed by atoms with E-state index in [1.54, 1.807) is 27.6 Å². The van der Waals surface area contributed by atoms with E-state index in [1.807, 2.05) is 6.07 Å². The van der Waals surface area contributed by atoms with Crippen LogP contribution in [0.3, 0.4) is 0 Å². The summed E-state index contributed by atoms with van der Waals surface area (Å²) in [5.41, 5.74) is 1.09. The minimum absolute atomic E-state index is 0.178. The Labute approximate surface area is 131 Å². The van der Waals surface area contributed by atoms with Gasteiger partial charge in [-0.25, -0.2) is 4.98 Å². The first kappa shape index (κ1) is 14.6. The normalized spacial score (nSPS) is 16.3. The molecule has 1 amide bonds. The molecular formula is C14H17N3O2S2. The summed E-state index contributed by atoms with van der Waals surface area (Å²) in [7, 11) is 0. The van der Waals surface area contributed by atoms with E-state index in [2.05, 4.69) is 26.7 Å². The number of piperazine rings is 1. The highest BCUT2D eigenvalue weighted by Gasteiger charge is 2.21. The van der Waals surface area contributed by atoms with Crippen LogP contribution < -0.4 is 0 Å². The Hall–Kier alpha value is -1.28. The summed E-state index contributed by atoms with van der Waals surface area (Å²) in [4.78, 5) is 21.3. The zero-order chi connectivity index (χ0) is 14.7. The van der Waals surface area contributed by atoms with Crippen molar-refractivity contribution in [2.75, 3.05) is 32.8 Å². The van der Waals surface area contributed by atoms with E-state index in [4.69, 9.17) is 5.11 Å². The number of thiophene rings is 1. The number of aromatic nitrogens is 1. The van der Waals surface area contributed by atoms with Gasteiger partial charge < -0.3 is 10.0 Å². The summed E-state index contributed by atoms with van der Waals surface area (Å²) < 4.78 is 0. The molecule has 0 aromatic carbocycles. The van der Waals surface area contributed by atoms with E-state index >= 15 is 0 Å². The number of hydrogen-bond acceptors (Lipinski definition) is 6. The Morgan fingerprint density at radius 1 is 1.29 bits per heavy atom. The maximum atomic E-state index is 11.4. The van der Waals surface area contributed by atoms with Crippen molar-refractivity contribution in [3.8, 4) is 9.88 Å². The predicted molar refractivity (Wildman–Crippen MR) is 84.4 cm³/mol. The Kier molecular flexibility index (Phi) is 4.64. The molecule has 1 N–H and O–H groups in total. The van der Waals surface area contributed by atoms with Crippen molar-refractivity contribution in [1.29, 1.82) is 0 Å². The van der Waals surface area contributed by atoms with Gasteiger partial charge in [-0.3, -0.25) is 9.69 Å². The van der Waals surface area contributed by atoms with Gasteiger partial charge in [0, 0.05) is 38.1 Å². The van der Waals surface area contributed by atoms with E-state index in [9.17, 15) is 4.79 Å². The maximum absolute atomic E-state index is 11.4. The number of rotatable bonds is 4. The van der Waals surface area contributed by atoms with E-state index in [1.165, 1.54) is 4.88 Å². The minimum atomic E-state index is -0.393. The first-order valence-electron chi connectivity index (χ1n) is 6.85.